The second kappa shape index (κ2) is 12.0. The first kappa shape index (κ1) is 23.5. The van der Waals surface area contributed by atoms with E-state index >= 15 is 0 Å². The molecule has 7 heteroatoms. The number of Topliss-reactive ketones (excluding diaryl/α,β-unsaturated/α-hetero) is 1. The molecule has 0 saturated carbocycles. The molecule has 6 N–H and O–H groups in total. The fraction of sp³-hybridized carbons (Fsp3) is 0.833. The second-order valence-electron chi connectivity index (χ2n) is 7.42. The van der Waals surface area contributed by atoms with Crippen molar-refractivity contribution in [2.24, 2.45) is 23.3 Å². The summed E-state index contributed by atoms with van der Waals surface area (Å²) in [4.78, 5) is 36.6. The lowest BCUT2D eigenvalue weighted by Gasteiger charge is -2.25. The molecule has 0 bridgehead atoms. The zero-order valence-corrected chi connectivity index (χ0v) is 16.3. The number of amides is 2. The van der Waals surface area contributed by atoms with Crippen LogP contribution in [0.1, 0.15) is 60.3 Å². The lowest BCUT2D eigenvalue weighted by Crippen LogP contribution is -2.55. The van der Waals surface area contributed by atoms with E-state index in [2.05, 4.69) is 10.6 Å². The first-order valence-corrected chi connectivity index (χ1v) is 9.16. The Hall–Kier alpha value is -1.47. The molecule has 7 nitrogen and oxygen atoms in total. The predicted octanol–water partition coefficient (Wildman–Crippen LogP) is 0.703. The van der Waals surface area contributed by atoms with Crippen molar-refractivity contribution >= 4 is 17.6 Å². The van der Waals surface area contributed by atoms with E-state index < -0.39 is 18.1 Å². The van der Waals surface area contributed by atoms with Crippen LogP contribution >= 0.6 is 0 Å². The van der Waals surface area contributed by atoms with Crippen LogP contribution in [-0.4, -0.2) is 42.3 Å². The average molecular weight is 357 g/mol. The molecule has 25 heavy (non-hydrogen) atoms. The van der Waals surface area contributed by atoms with E-state index in [0.717, 1.165) is 12.8 Å². The molecule has 0 radical (unpaired) electrons. The van der Waals surface area contributed by atoms with Crippen molar-refractivity contribution in [2.75, 3.05) is 6.54 Å². The summed E-state index contributed by atoms with van der Waals surface area (Å²) in [6.45, 7) is 9.66. The highest BCUT2D eigenvalue weighted by molar-refractivity contribution is 5.93. The Morgan fingerprint density at radius 3 is 1.92 bits per heavy atom. The Kier molecular flexibility index (Phi) is 11.3. The van der Waals surface area contributed by atoms with Crippen LogP contribution in [0.15, 0.2) is 0 Å². The topological polar surface area (TPSA) is 127 Å². The number of ketones is 1. The van der Waals surface area contributed by atoms with E-state index in [0.29, 0.717) is 19.4 Å². The molecule has 0 aliphatic heterocycles. The molecule has 146 valence electrons. The number of carbonyl (C=O) groups excluding carboxylic acids is 3. The minimum absolute atomic E-state index is 0.0241. The van der Waals surface area contributed by atoms with Gasteiger partial charge in [0.25, 0.3) is 0 Å². The molecule has 0 saturated heterocycles. The molecular formula is C18H36N4O3. The van der Waals surface area contributed by atoms with Crippen LogP contribution in [0, 0.1) is 11.8 Å². The largest absolute Gasteiger partial charge is 0.345 e. The van der Waals surface area contributed by atoms with E-state index in [-0.39, 0.29) is 29.4 Å². The number of nitrogens with two attached hydrogens (primary N) is 2. The Bertz CT molecular complexity index is 438. The van der Waals surface area contributed by atoms with Crippen LogP contribution in [0.4, 0.5) is 0 Å². The molecule has 0 aliphatic rings. The van der Waals surface area contributed by atoms with Crippen LogP contribution in [0.5, 0.6) is 0 Å². The van der Waals surface area contributed by atoms with Gasteiger partial charge in [-0.1, -0.05) is 27.7 Å². The fourth-order valence-electron chi connectivity index (χ4n) is 2.42. The van der Waals surface area contributed by atoms with Crippen LogP contribution in [0.25, 0.3) is 0 Å². The van der Waals surface area contributed by atoms with Gasteiger partial charge in [0.05, 0.1) is 12.1 Å². The Labute approximate surface area is 151 Å². The second-order valence-corrected chi connectivity index (χ2v) is 7.42. The molecule has 3 atom stereocenters. The van der Waals surface area contributed by atoms with Gasteiger partial charge in [0.15, 0.2) is 5.78 Å². The van der Waals surface area contributed by atoms with Gasteiger partial charge >= 0.3 is 0 Å². The lowest BCUT2D eigenvalue weighted by molar-refractivity contribution is -0.132. The molecule has 0 fully saturated rings. The summed E-state index contributed by atoms with van der Waals surface area (Å²) >= 11 is 0. The highest BCUT2D eigenvalue weighted by atomic mass is 16.2. The third-order valence-corrected chi connectivity index (χ3v) is 4.12. The summed E-state index contributed by atoms with van der Waals surface area (Å²) in [6.07, 6.45) is 2.59. The standard InChI is InChI=1S/C18H36N4O3/c1-11(2)10-15(22-18(25)16(20)12(3)4)17(24)21-14(13(5)23)8-6-7-9-19/h11-12,14-16H,6-10,19-20H2,1-5H3,(H,21,24)(H,22,25)/t14-,15-,16+/m0/s1. The van der Waals surface area contributed by atoms with Crippen molar-refractivity contribution < 1.29 is 14.4 Å². The predicted molar refractivity (Wildman–Crippen MR) is 99.7 cm³/mol. The molecule has 0 aromatic heterocycles. The molecule has 0 aliphatic carbocycles. The van der Waals surface area contributed by atoms with Gasteiger partial charge in [-0.15, -0.1) is 0 Å². The van der Waals surface area contributed by atoms with Gasteiger partial charge in [0.2, 0.25) is 11.8 Å². The molecule has 0 unspecified atom stereocenters. The van der Waals surface area contributed by atoms with E-state index in [9.17, 15) is 14.4 Å². The average Bonchev–Trinajstić information content (AvgIpc) is 2.51. The zero-order valence-electron chi connectivity index (χ0n) is 16.3. The van der Waals surface area contributed by atoms with E-state index in [1.165, 1.54) is 6.92 Å². The van der Waals surface area contributed by atoms with Crippen LogP contribution < -0.4 is 22.1 Å². The number of carbonyl (C=O) groups is 3. The minimum atomic E-state index is -0.700. The van der Waals surface area contributed by atoms with Gasteiger partial charge in [-0.2, -0.15) is 0 Å². The van der Waals surface area contributed by atoms with Crippen molar-refractivity contribution in [1.82, 2.24) is 10.6 Å². The maximum Gasteiger partial charge on any atom is 0.243 e. The van der Waals surface area contributed by atoms with Crippen molar-refractivity contribution in [2.45, 2.75) is 78.4 Å². The van der Waals surface area contributed by atoms with Gasteiger partial charge in [0.1, 0.15) is 6.04 Å². The molecular weight excluding hydrogens is 320 g/mol. The first-order valence-electron chi connectivity index (χ1n) is 9.16. The maximum absolute atomic E-state index is 12.6. The quantitative estimate of drug-likeness (QED) is 0.383. The summed E-state index contributed by atoms with van der Waals surface area (Å²) in [5, 5.41) is 5.50. The van der Waals surface area contributed by atoms with Crippen LogP contribution in [0.2, 0.25) is 0 Å². The van der Waals surface area contributed by atoms with Crippen molar-refractivity contribution in [3.63, 3.8) is 0 Å². The van der Waals surface area contributed by atoms with Crippen molar-refractivity contribution in [3.05, 3.63) is 0 Å². The summed E-state index contributed by atoms with van der Waals surface area (Å²) in [5.41, 5.74) is 11.3. The molecule has 0 aromatic rings. The number of hydrogen-bond acceptors (Lipinski definition) is 5. The van der Waals surface area contributed by atoms with E-state index in [1.54, 1.807) is 0 Å². The van der Waals surface area contributed by atoms with Gasteiger partial charge < -0.3 is 22.1 Å². The Morgan fingerprint density at radius 2 is 1.48 bits per heavy atom. The fourth-order valence-corrected chi connectivity index (χ4v) is 2.42. The summed E-state index contributed by atoms with van der Waals surface area (Å²) in [6, 6.07) is -1.92. The Morgan fingerprint density at radius 1 is 0.920 bits per heavy atom. The molecule has 0 spiro atoms. The van der Waals surface area contributed by atoms with E-state index in [4.69, 9.17) is 11.5 Å². The van der Waals surface area contributed by atoms with Crippen molar-refractivity contribution in [3.8, 4) is 0 Å². The third kappa shape index (κ3) is 9.55. The molecule has 0 heterocycles. The monoisotopic (exact) mass is 356 g/mol. The Balaban J connectivity index is 4.96. The first-order chi connectivity index (χ1) is 11.6. The SMILES string of the molecule is CC(=O)[C@H](CCCCN)NC(=O)[C@H](CC(C)C)NC(=O)[C@H](N)C(C)C. The minimum Gasteiger partial charge on any atom is -0.345 e. The van der Waals surface area contributed by atoms with Gasteiger partial charge in [-0.3, -0.25) is 14.4 Å². The molecule has 2 amide bonds. The lowest BCUT2D eigenvalue weighted by atomic mass is 9.99. The van der Waals surface area contributed by atoms with Crippen LogP contribution in [-0.2, 0) is 14.4 Å². The molecule has 0 rings (SSSR count). The van der Waals surface area contributed by atoms with Gasteiger partial charge in [0, 0.05) is 0 Å². The molecule has 0 aromatic carbocycles. The summed E-state index contributed by atoms with van der Waals surface area (Å²) in [5.74, 6) is -0.605. The number of nitrogens with one attached hydrogen (secondary N) is 2. The zero-order chi connectivity index (χ0) is 19.6. The number of rotatable bonds is 12. The highest BCUT2D eigenvalue weighted by Crippen LogP contribution is 2.09. The number of unbranched alkanes of at least 4 members (excludes halogenated alkanes) is 1. The highest BCUT2D eigenvalue weighted by Gasteiger charge is 2.28. The van der Waals surface area contributed by atoms with Gasteiger partial charge in [-0.25, -0.2) is 0 Å². The normalized spacial score (nSPS) is 14.9. The maximum atomic E-state index is 12.6. The smallest absolute Gasteiger partial charge is 0.243 e. The summed E-state index contributed by atoms with van der Waals surface area (Å²) in [7, 11) is 0. The van der Waals surface area contributed by atoms with E-state index in [1.807, 2.05) is 27.7 Å². The number of hydrogen-bond donors (Lipinski definition) is 4. The van der Waals surface area contributed by atoms with Crippen LogP contribution in [0.3, 0.4) is 0 Å². The van der Waals surface area contributed by atoms with Gasteiger partial charge in [-0.05, 0) is 51.0 Å². The summed E-state index contributed by atoms with van der Waals surface area (Å²) < 4.78 is 0. The van der Waals surface area contributed by atoms with Crippen molar-refractivity contribution in [1.29, 1.82) is 0 Å². The third-order valence-electron chi connectivity index (χ3n) is 4.12.